The Morgan fingerprint density at radius 2 is 2.04 bits per heavy atom. The van der Waals surface area contributed by atoms with Crippen molar-refractivity contribution in [3.8, 4) is 0 Å². The fourth-order valence-corrected chi connectivity index (χ4v) is 2.32. The van der Waals surface area contributed by atoms with Gasteiger partial charge in [0.1, 0.15) is 11.6 Å². The molecule has 1 aromatic carbocycles. The number of fused-ring (bicyclic) bond motifs is 1. The van der Waals surface area contributed by atoms with Crippen LogP contribution in [0.2, 0.25) is 5.02 Å². The van der Waals surface area contributed by atoms with Gasteiger partial charge >= 0.3 is 12.1 Å². The molecule has 0 saturated heterocycles. The van der Waals surface area contributed by atoms with E-state index in [9.17, 15) is 14.7 Å². The highest BCUT2D eigenvalue weighted by molar-refractivity contribution is 6.31. The molecule has 0 aliphatic heterocycles. The molecule has 3 N–H and O–H groups in total. The quantitative estimate of drug-likeness (QED) is 0.797. The number of benzene rings is 1. The van der Waals surface area contributed by atoms with Crippen LogP contribution in [0.4, 0.5) is 4.79 Å². The van der Waals surface area contributed by atoms with Crippen molar-refractivity contribution in [2.75, 3.05) is 0 Å². The fraction of sp³-hybridized carbons (Fsp3) is 0.375. The summed E-state index contributed by atoms with van der Waals surface area (Å²) < 4.78 is 5.09. The van der Waals surface area contributed by atoms with E-state index in [4.69, 9.17) is 16.3 Å². The van der Waals surface area contributed by atoms with Gasteiger partial charge in [0.2, 0.25) is 0 Å². The zero-order valence-electron chi connectivity index (χ0n) is 13.1. The molecule has 2 rings (SSSR count). The summed E-state index contributed by atoms with van der Waals surface area (Å²) in [5, 5.41) is 13.2. The smallest absolute Gasteiger partial charge is 0.408 e. The van der Waals surface area contributed by atoms with Crippen molar-refractivity contribution in [3.05, 3.63) is 35.0 Å². The molecule has 0 aliphatic rings. The number of carbonyl (C=O) groups is 2. The molecule has 1 heterocycles. The van der Waals surface area contributed by atoms with Crippen molar-refractivity contribution < 1.29 is 19.4 Å². The van der Waals surface area contributed by atoms with E-state index in [2.05, 4.69) is 10.3 Å². The molecule has 1 amide bonds. The van der Waals surface area contributed by atoms with Gasteiger partial charge in [-0.25, -0.2) is 9.59 Å². The van der Waals surface area contributed by atoms with Crippen LogP contribution in [0.25, 0.3) is 10.9 Å². The van der Waals surface area contributed by atoms with Crippen molar-refractivity contribution in [1.29, 1.82) is 0 Å². The first kappa shape index (κ1) is 17.1. The predicted octanol–water partition coefficient (Wildman–Crippen LogP) is 3.34. The zero-order chi connectivity index (χ0) is 17.2. The molecule has 0 saturated carbocycles. The minimum atomic E-state index is -1.13. The number of rotatable bonds is 4. The lowest BCUT2D eigenvalue weighted by Crippen LogP contribution is -2.44. The Morgan fingerprint density at radius 3 is 2.65 bits per heavy atom. The number of halogens is 1. The summed E-state index contributed by atoms with van der Waals surface area (Å²) in [7, 11) is 0. The van der Waals surface area contributed by atoms with E-state index in [1.807, 2.05) is 12.1 Å². The van der Waals surface area contributed by atoms with Gasteiger partial charge in [0.25, 0.3) is 0 Å². The van der Waals surface area contributed by atoms with Crippen LogP contribution in [0.15, 0.2) is 24.3 Å². The van der Waals surface area contributed by atoms with Crippen LogP contribution >= 0.6 is 11.6 Å². The number of aromatic nitrogens is 1. The minimum absolute atomic E-state index is 0.112. The monoisotopic (exact) mass is 338 g/mol. The third kappa shape index (κ3) is 4.89. The topological polar surface area (TPSA) is 91.4 Å². The molecule has 124 valence electrons. The summed E-state index contributed by atoms with van der Waals surface area (Å²) in [5.41, 5.74) is 0.849. The number of ether oxygens (including phenoxy) is 1. The van der Waals surface area contributed by atoms with Gasteiger partial charge in [-0.15, -0.1) is 0 Å². The van der Waals surface area contributed by atoms with Gasteiger partial charge in [-0.05, 0) is 45.0 Å². The number of amides is 1. The van der Waals surface area contributed by atoms with E-state index in [0.717, 1.165) is 10.9 Å². The Morgan fingerprint density at radius 1 is 1.35 bits per heavy atom. The number of alkyl carbamates (subject to hydrolysis) is 1. The Hall–Kier alpha value is -2.21. The third-order valence-electron chi connectivity index (χ3n) is 3.05. The summed E-state index contributed by atoms with van der Waals surface area (Å²) in [6, 6.07) is 6.08. The van der Waals surface area contributed by atoms with E-state index in [0.29, 0.717) is 10.7 Å². The fourth-order valence-electron chi connectivity index (χ4n) is 2.14. The predicted molar refractivity (Wildman–Crippen MR) is 87.8 cm³/mol. The number of carboxylic acid groups (broad SMARTS) is 1. The third-order valence-corrected chi connectivity index (χ3v) is 3.29. The van der Waals surface area contributed by atoms with Crippen molar-refractivity contribution in [2.24, 2.45) is 0 Å². The van der Waals surface area contributed by atoms with Crippen LogP contribution in [0, 0.1) is 0 Å². The molecule has 0 aliphatic carbocycles. The molecule has 0 fully saturated rings. The Bertz CT molecular complexity index is 733. The molecule has 1 atom stereocenters. The van der Waals surface area contributed by atoms with Gasteiger partial charge in [-0.1, -0.05) is 11.6 Å². The van der Waals surface area contributed by atoms with Crippen LogP contribution < -0.4 is 5.32 Å². The Labute approximate surface area is 138 Å². The van der Waals surface area contributed by atoms with E-state index in [1.54, 1.807) is 32.9 Å². The van der Waals surface area contributed by atoms with Gasteiger partial charge in [0, 0.05) is 28.0 Å². The molecule has 6 nitrogen and oxygen atoms in total. The lowest BCUT2D eigenvalue weighted by Gasteiger charge is -2.21. The van der Waals surface area contributed by atoms with Crippen LogP contribution in [0.5, 0.6) is 0 Å². The summed E-state index contributed by atoms with van der Waals surface area (Å²) in [4.78, 5) is 26.2. The molecule has 0 spiro atoms. The first-order valence-corrected chi connectivity index (χ1v) is 7.51. The largest absolute Gasteiger partial charge is 0.480 e. The van der Waals surface area contributed by atoms with Crippen LogP contribution in [0.3, 0.4) is 0 Å². The maximum absolute atomic E-state index is 11.8. The highest BCUT2D eigenvalue weighted by Crippen LogP contribution is 2.21. The van der Waals surface area contributed by atoms with E-state index in [1.165, 1.54) is 0 Å². The number of H-pyrrole nitrogens is 1. The lowest BCUT2D eigenvalue weighted by atomic mass is 10.1. The van der Waals surface area contributed by atoms with E-state index >= 15 is 0 Å². The number of carbonyl (C=O) groups excluding carboxylic acids is 1. The molecular formula is C16H19ClN2O4. The second-order valence-corrected chi connectivity index (χ2v) is 6.70. The maximum Gasteiger partial charge on any atom is 0.408 e. The van der Waals surface area contributed by atoms with Crippen molar-refractivity contribution in [3.63, 3.8) is 0 Å². The SMILES string of the molecule is CC(C)(C)OC(=O)NC(Cc1cc2cc(Cl)ccc2[nH]1)C(=O)O. The number of hydrogen-bond donors (Lipinski definition) is 3. The normalized spacial score (nSPS) is 12.9. The second-order valence-electron chi connectivity index (χ2n) is 6.27. The Kier molecular flexibility index (Phi) is 4.85. The highest BCUT2D eigenvalue weighted by Gasteiger charge is 2.24. The summed E-state index contributed by atoms with van der Waals surface area (Å²) in [5.74, 6) is -1.13. The minimum Gasteiger partial charge on any atom is -0.480 e. The zero-order valence-corrected chi connectivity index (χ0v) is 13.9. The van der Waals surface area contributed by atoms with Crippen LogP contribution in [-0.4, -0.2) is 33.8 Å². The van der Waals surface area contributed by atoms with Crippen LogP contribution in [-0.2, 0) is 16.0 Å². The van der Waals surface area contributed by atoms with Crippen molar-refractivity contribution >= 4 is 34.6 Å². The summed E-state index contributed by atoms with van der Waals surface area (Å²) >= 11 is 5.93. The summed E-state index contributed by atoms with van der Waals surface area (Å²) in [6.45, 7) is 5.14. The van der Waals surface area contributed by atoms with Crippen molar-refractivity contribution in [2.45, 2.75) is 38.8 Å². The lowest BCUT2D eigenvalue weighted by molar-refractivity contribution is -0.139. The van der Waals surface area contributed by atoms with Gasteiger partial charge in [-0.2, -0.15) is 0 Å². The molecular weight excluding hydrogens is 320 g/mol. The molecule has 7 heteroatoms. The van der Waals surface area contributed by atoms with E-state index < -0.39 is 23.7 Å². The molecule has 0 bridgehead atoms. The number of aromatic amines is 1. The average Bonchev–Trinajstić information content (AvgIpc) is 2.76. The molecule has 1 unspecified atom stereocenters. The average molecular weight is 339 g/mol. The van der Waals surface area contributed by atoms with Gasteiger partial charge in [-0.3, -0.25) is 0 Å². The number of nitrogens with one attached hydrogen (secondary N) is 2. The Balaban J connectivity index is 2.11. The first-order valence-electron chi connectivity index (χ1n) is 7.13. The molecule has 1 aromatic heterocycles. The van der Waals surface area contributed by atoms with Gasteiger partial charge < -0.3 is 20.1 Å². The number of carboxylic acids is 1. The molecule has 23 heavy (non-hydrogen) atoms. The van der Waals surface area contributed by atoms with E-state index in [-0.39, 0.29) is 6.42 Å². The van der Waals surface area contributed by atoms with Crippen molar-refractivity contribution in [1.82, 2.24) is 10.3 Å². The highest BCUT2D eigenvalue weighted by atomic mass is 35.5. The first-order chi connectivity index (χ1) is 10.6. The van der Waals surface area contributed by atoms with Crippen LogP contribution in [0.1, 0.15) is 26.5 Å². The number of hydrogen-bond acceptors (Lipinski definition) is 3. The standard InChI is InChI=1S/C16H19ClN2O4/c1-16(2,3)23-15(22)19-13(14(20)21)8-11-7-9-6-10(17)4-5-12(9)18-11/h4-7,13,18H,8H2,1-3H3,(H,19,22)(H,20,21). The number of aliphatic carboxylic acids is 1. The summed E-state index contributed by atoms with van der Waals surface area (Å²) in [6.07, 6.45) is -0.648. The maximum atomic E-state index is 11.8. The molecule has 2 aromatic rings. The second kappa shape index (κ2) is 6.50. The van der Waals surface area contributed by atoms with Gasteiger partial charge in [0.15, 0.2) is 0 Å². The van der Waals surface area contributed by atoms with Gasteiger partial charge in [0.05, 0.1) is 0 Å². The molecule has 0 radical (unpaired) electrons.